The minimum absolute atomic E-state index is 0.0685. The first-order chi connectivity index (χ1) is 12.2. The van der Waals surface area contributed by atoms with Crippen LogP contribution in [0.5, 0.6) is 0 Å². The summed E-state index contributed by atoms with van der Waals surface area (Å²) in [6.45, 7) is 2.34. The lowest BCUT2D eigenvalue weighted by molar-refractivity contribution is -0.146. The van der Waals surface area contributed by atoms with E-state index in [1.54, 1.807) is 37.3 Å². The lowest BCUT2D eigenvalue weighted by Crippen LogP contribution is -2.13. The molecule has 0 amide bonds. The highest BCUT2D eigenvalue weighted by atomic mass is 16.5. The highest BCUT2D eigenvalue weighted by Crippen LogP contribution is 2.24. The summed E-state index contributed by atoms with van der Waals surface area (Å²) < 4.78 is 10.9. The molecule has 0 saturated heterocycles. The Morgan fingerprint density at radius 2 is 1.80 bits per heavy atom. The van der Waals surface area contributed by atoms with Crippen molar-refractivity contribution in [1.29, 1.82) is 10.5 Å². The molecule has 0 bridgehead atoms. The van der Waals surface area contributed by atoms with Crippen molar-refractivity contribution >= 4 is 5.97 Å². The molecule has 0 aliphatic rings. The predicted molar refractivity (Wildman–Crippen MR) is 91.1 cm³/mol. The van der Waals surface area contributed by atoms with Crippen molar-refractivity contribution in [2.24, 2.45) is 0 Å². The summed E-state index contributed by atoms with van der Waals surface area (Å²) in [7, 11) is 0. The van der Waals surface area contributed by atoms with Gasteiger partial charge in [0, 0.05) is 0 Å². The molecule has 0 fully saturated rings. The first-order valence-electron chi connectivity index (χ1n) is 7.92. The predicted octanol–water partition coefficient (Wildman–Crippen LogP) is 3.64. The number of benzene rings is 2. The van der Waals surface area contributed by atoms with Crippen molar-refractivity contribution in [1.82, 2.24) is 0 Å². The molecule has 1 atom stereocenters. The smallest absolute Gasteiger partial charge is 0.308 e. The Labute approximate surface area is 147 Å². The largest absolute Gasteiger partial charge is 0.466 e. The Morgan fingerprint density at radius 1 is 1.08 bits per heavy atom. The first kappa shape index (κ1) is 18.2. The van der Waals surface area contributed by atoms with Crippen LogP contribution in [0.3, 0.4) is 0 Å². The van der Waals surface area contributed by atoms with Gasteiger partial charge in [-0.1, -0.05) is 24.3 Å². The topological polar surface area (TPSA) is 83.1 Å². The number of carbonyl (C=O) groups excluding carboxylic acids is 1. The van der Waals surface area contributed by atoms with Gasteiger partial charge < -0.3 is 9.47 Å². The third-order valence-corrected chi connectivity index (χ3v) is 3.58. The Hall–Kier alpha value is -3.15. The molecule has 0 heterocycles. The zero-order chi connectivity index (χ0) is 18.1. The van der Waals surface area contributed by atoms with Crippen LogP contribution in [0.25, 0.3) is 0 Å². The molecule has 0 aromatic heterocycles. The molecule has 0 saturated carbocycles. The number of esters is 1. The maximum Gasteiger partial charge on any atom is 0.308 e. The summed E-state index contributed by atoms with van der Waals surface area (Å²) in [6, 6.07) is 18.2. The van der Waals surface area contributed by atoms with Crippen LogP contribution >= 0.6 is 0 Å². The summed E-state index contributed by atoms with van der Waals surface area (Å²) in [4.78, 5) is 11.9. The van der Waals surface area contributed by atoms with E-state index < -0.39 is 6.10 Å². The number of rotatable bonds is 7. The first-order valence-corrected chi connectivity index (χ1v) is 7.92. The molecule has 1 unspecified atom stereocenters. The lowest BCUT2D eigenvalue weighted by atomic mass is 10.0. The van der Waals surface area contributed by atoms with Crippen LogP contribution in [0.1, 0.15) is 41.7 Å². The molecular weight excluding hydrogens is 316 g/mol. The van der Waals surface area contributed by atoms with Gasteiger partial charge in [-0.3, -0.25) is 4.79 Å². The number of ether oxygens (including phenoxy) is 2. The van der Waals surface area contributed by atoms with Crippen LogP contribution in [0, 0.1) is 22.7 Å². The van der Waals surface area contributed by atoms with Crippen molar-refractivity contribution in [3.8, 4) is 12.1 Å². The Bertz CT molecular complexity index is 801. The fourth-order valence-electron chi connectivity index (χ4n) is 2.33. The van der Waals surface area contributed by atoms with E-state index in [9.17, 15) is 4.79 Å². The van der Waals surface area contributed by atoms with Crippen molar-refractivity contribution in [3.63, 3.8) is 0 Å². The zero-order valence-corrected chi connectivity index (χ0v) is 13.9. The van der Waals surface area contributed by atoms with E-state index >= 15 is 0 Å². The summed E-state index contributed by atoms with van der Waals surface area (Å²) in [5, 5.41) is 17.9. The molecule has 5 nitrogen and oxygen atoms in total. The highest BCUT2D eigenvalue weighted by Gasteiger charge is 2.18. The second-order valence-electron chi connectivity index (χ2n) is 5.35. The zero-order valence-electron chi connectivity index (χ0n) is 13.9. The average Bonchev–Trinajstić information content (AvgIpc) is 2.65. The molecule has 0 spiro atoms. The van der Waals surface area contributed by atoms with E-state index in [0.29, 0.717) is 17.7 Å². The van der Waals surface area contributed by atoms with E-state index in [0.717, 1.165) is 11.1 Å². The Kier molecular flexibility index (Phi) is 6.71. The van der Waals surface area contributed by atoms with Crippen LogP contribution in [-0.2, 0) is 20.9 Å². The third-order valence-electron chi connectivity index (χ3n) is 3.58. The quantitative estimate of drug-likeness (QED) is 0.722. The summed E-state index contributed by atoms with van der Waals surface area (Å²) in [5.41, 5.74) is 2.73. The van der Waals surface area contributed by atoms with Gasteiger partial charge in [0.2, 0.25) is 0 Å². The minimum Gasteiger partial charge on any atom is -0.466 e. The van der Waals surface area contributed by atoms with Crippen molar-refractivity contribution in [3.05, 3.63) is 70.8 Å². The number of carbonyl (C=O) groups is 1. The van der Waals surface area contributed by atoms with Gasteiger partial charge in [0.25, 0.3) is 0 Å². The molecule has 0 aliphatic carbocycles. The fraction of sp³-hybridized carbons (Fsp3) is 0.250. The van der Waals surface area contributed by atoms with Gasteiger partial charge in [0.1, 0.15) is 0 Å². The van der Waals surface area contributed by atoms with Gasteiger partial charge in [-0.25, -0.2) is 0 Å². The van der Waals surface area contributed by atoms with E-state index in [2.05, 4.69) is 12.1 Å². The fourth-order valence-corrected chi connectivity index (χ4v) is 2.33. The van der Waals surface area contributed by atoms with Gasteiger partial charge in [-0.2, -0.15) is 10.5 Å². The molecule has 25 heavy (non-hydrogen) atoms. The summed E-state index contributed by atoms with van der Waals surface area (Å²) in [6.07, 6.45) is -0.443. The second-order valence-corrected chi connectivity index (χ2v) is 5.35. The number of hydrogen-bond acceptors (Lipinski definition) is 5. The van der Waals surface area contributed by atoms with E-state index in [-0.39, 0.29) is 19.0 Å². The van der Waals surface area contributed by atoms with Crippen LogP contribution < -0.4 is 0 Å². The van der Waals surface area contributed by atoms with E-state index in [4.69, 9.17) is 20.0 Å². The van der Waals surface area contributed by atoms with Crippen molar-refractivity contribution in [2.45, 2.75) is 26.1 Å². The van der Waals surface area contributed by atoms with Gasteiger partial charge in [-0.05, 0) is 42.3 Å². The maximum atomic E-state index is 11.9. The minimum atomic E-state index is -0.511. The number of nitrogens with zero attached hydrogens (tertiary/aromatic N) is 2. The number of nitriles is 2. The van der Waals surface area contributed by atoms with Gasteiger partial charge in [0.15, 0.2) is 0 Å². The maximum absolute atomic E-state index is 11.9. The molecule has 0 N–H and O–H groups in total. The van der Waals surface area contributed by atoms with Crippen LogP contribution in [0.4, 0.5) is 0 Å². The molecule has 0 radical (unpaired) electrons. The molecule has 2 aromatic carbocycles. The normalized spacial score (nSPS) is 11.2. The SMILES string of the molecule is CCOC(=O)CC(OCc1ccc(C#N)cc1)c1cccc(C#N)c1. The van der Waals surface area contributed by atoms with Crippen LogP contribution in [0.2, 0.25) is 0 Å². The van der Waals surface area contributed by atoms with Crippen molar-refractivity contribution in [2.75, 3.05) is 6.61 Å². The molecule has 0 aliphatic heterocycles. The molecule has 2 rings (SSSR count). The second kappa shape index (κ2) is 9.22. The molecular formula is C20H18N2O3. The molecule has 2 aromatic rings. The van der Waals surface area contributed by atoms with E-state index in [1.807, 2.05) is 18.2 Å². The summed E-state index contributed by atoms with van der Waals surface area (Å²) >= 11 is 0. The summed E-state index contributed by atoms with van der Waals surface area (Å²) in [5.74, 6) is -0.352. The van der Waals surface area contributed by atoms with Gasteiger partial charge in [-0.15, -0.1) is 0 Å². The van der Waals surface area contributed by atoms with Crippen LogP contribution in [-0.4, -0.2) is 12.6 Å². The monoisotopic (exact) mass is 334 g/mol. The van der Waals surface area contributed by atoms with Gasteiger partial charge >= 0.3 is 5.97 Å². The average molecular weight is 334 g/mol. The van der Waals surface area contributed by atoms with Gasteiger partial charge in [0.05, 0.1) is 49.0 Å². The standard InChI is InChI=1S/C20H18N2O3/c1-2-24-20(23)11-19(18-5-3-4-17(10-18)13-22)25-14-16-8-6-15(12-21)7-9-16/h3-10,19H,2,11,14H2,1H3. The highest BCUT2D eigenvalue weighted by molar-refractivity contribution is 5.70. The Morgan fingerprint density at radius 3 is 2.44 bits per heavy atom. The Balaban J connectivity index is 2.14. The van der Waals surface area contributed by atoms with E-state index in [1.165, 1.54) is 0 Å². The lowest BCUT2D eigenvalue weighted by Gasteiger charge is -2.18. The molecule has 126 valence electrons. The third kappa shape index (κ3) is 5.46. The van der Waals surface area contributed by atoms with Crippen molar-refractivity contribution < 1.29 is 14.3 Å². The van der Waals surface area contributed by atoms with Crippen LogP contribution in [0.15, 0.2) is 48.5 Å². The number of hydrogen-bond donors (Lipinski definition) is 0. The molecule has 5 heteroatoms.